The largest absolute Gasteiger partial charge is 0.457 e. The van der Waals surface area contributed by atoms with Crippen LogP contribution in [0.4, 0.5) is 0 Å². The molecular formula is C27H28N2O2. The van der Waals surface area contributed by atoms with E-state index in [4.69, 9.17) is 4.74 Å². The van der Waals surface area contributed by atoms with Gasteiger partial charge in [-0.2, -0.15) is 0 Å². The number of H-pyrrole nitrogens is 1. The van der Waals surface area contributed by atoms with Crippen LogP contribution in [0.15, 0.2) is 85.1 Å². The molecule has 1 aromatic heterocycles. The van der Waals surface area contributed by atoms with Gasteiger partial charge >= 0.3 is 0 Å². The summed E-state index contributed by atoms with van der Waals surface area (Å²) in [6.07, 6.45) is 2.40. The predicted octanol–water partition coefficient (Wildman–Crippen LogP) is 6.25. The molecule has 4 rings (SSSR count). The molecule has 4 nitrogen and oxygen atoms in total. The zero-order valence-corrected chi connectivity index (χ0v) is 18.0. The quantitative estimate of drug-likeness (QED) is 0.359. The van der Waals surface area contributed by atoms with Crippen LogP contribution in [0.5, 0.6) is 11.5 Å². The number of amides is 1. The Morgan fingerprint density at radius 2 is 1.68 bits per heavy atom. The highest BCUT2D eigenvalue weighted by molar-refractivity contribution is 5.86. The number of carbonyl (C=O) groups excluding carboxylic acids is 1. The average Bonchev–Trinajstić information content (AvgIpc) is 3.21. The molecule has 0 bridgehead atoms. The lowest BCUT2D eigenvalue weighted by molar-refractivity contribution is -0.121. The van der Waals surface area contributed by atoms with Crippen LogP contribution in [0, 0.1) is 5.92 Å². The molecule has 0 fully saturated rings. The lowest BCUT2D eigenvalue weighted by atomic mass is 9.88. The van der Waals surface area contributed by atoms with Gasteiger partial charge in [0.2, 0.25) is 5.91 Å². The third-order valence-corrected chi connectivity index (χ3v) is 5.33. The Bertz CT molecular complexity index is 1150. The Hall–Kier alpha value is -3.53. The smallest absolute Gasteiger partial charge is 0.220 e. The van der Waals surface area contributed by atoms with Crippen LogP contribution >= 0.6 is 0 Å². The van der Waals surface area contributed by atoms with E-state index in [1.54, 1.807) is 0 Å². The maximum atomic E-state index is 12.8. The topological polar surface area (TPSA) is 54.1 Å². The van der Waals surface area contributed by atoms with Crippen molar-refractivity contribution in [3.63, 3.8) is 0 Å². The molecule has 4 heteroatoms. The number of aromatic amines is 1. The van der Waals surface area contributed by atoms with Crippen LogP contribution in [0.1, 0.15) is 37.3 Å². The van der Waals surface area contributed by atoms with Gasteiger partial charge in [-0.3, -0.25) is 4.79 Å². The minimum atomic E-state index is -0.0809. The molecule has 1 amide bonds. The molecule has 4 aromatic rings. The molecule has 0 spiro atoms. The highest BCUT2D eigenvalue weighted by Gasteiger charge is 2.22. The summed E-state index contributed by atoms with van der Waals surface area (Å²) < 4.78 is 6.05. The van der Waals surface area contributed by atoms with Gasteiger partial charge in [0.1, 0.15) is 11.5 Å². The Labute approximate surface area is 183 Å². The van der Waals surface area contributed by atoms with Crippen molar-refractivity contribution in [1.29, 1.82) is 0 Å². The molecule has 0 aliphatic carbocycles. The van der Waals surface area contributed by atoms with Crippen molar-refractivity contribution in [3.05, 3.63) is 96.2 Å². The highest BCUT2D eigenvalue weighted by Crippen LogP contribution is 2.35. The first-order chi connectivity index (χ1) is 15.1. The summed E-state index contributed by atoms with van der Waals surface area (Å²) in [5.41, 5.74) is 3.24. The summed E-state index contributed by atoms with van der Waals surface area (Å²) in [6.45, 7) is 4.88. The first kappa shape index (κ1) is 20.7. The molecule has 0 unspecified atom stereocenters. The molecular weight excluding hydrogens is 384 g/mol. The van der Waals surface area contributed by atoms with Gasteiger partial charge in [0.15, 0.2) is 0 Å². The Kier molecular flexibility index (Phi) is 6.37. The van der Waals surface area contributed by atoms with Gasteiger partial charge in [0.25, 0.3) is 0 Å². The number of rotatable bonds is 8. The molecule has 0 saturated heterocycles. The van der Waals surface area contributed by atoms with Crippen molar-refractivity contribution in [2.45, 2.75) is 26.2 Å². The van der Waals surface area contributed by atoms with Crippen molar-refractivity contribution in [3.8, 4) is 11.5 Å². The van der Waals surface area contributed by atoms with Crippen LogP contribution in [-0.2, 0) is 4.79 Å². The molecule has 0 aliphatic rings. The van der Waals surface area contributed by atoms with Crippen molar-refractivity contribution in [1.82, 2.24) is 10.3 Å². The molecule has 0 aliphatic heterocycles. The van der Waals surface area contributed by atoms with Gasteiger partial charge in [-0.05, 0) is 47.4 Å². The van der Waals surface area contributed by atoms with E-state index in [0.29, 0.717) is 18.9 Å². The van der Waals surface area contributed by atoms with Crippen molar-refractivity contribution in [2.75, 3.05) is 6.54 Å². The number of hydrogen-bond donors (Lipinski definition) is 2. The molecule has 2 N–H and O–H groups in total. The van der Waals surface area contributed by atoms with Crippen LogP contribution in [0.25, 0.3) is 10.9 Å². The van der Waals surface area contributed by atoms with E-state index in [-0.39, 0.29) is 11.8 Å². The van der Waals surface area contributed by atoms with Crippen LogP contribution in [-0.4, -0.2) is 17.4 Å². The number of nitrogens with one attached hydrogen (secondary N) is 2. The van der Waals surface area contributed by atoms with E-state index in [1.807, 2.05) is 66.9 Å². The summed E-state index contributed by atoms with van der Waals surface area (Å²) in [5.74, 6) is 1.94. The number of benzene rings is 3. The zero-order valence-electron chi connectivity index (χ0n) is 18.0. The van der Waals surface area contributed by atoms with Gasteiger partial charge in [-0.1, -0.05) is 62.4 Å². The first-order valence-corrected chi connectivity index (χ1v) is 10.8. The third-order valence-electron chi connectivity index (χ3n) is 5.33. The SMILES string of the molecule is CC(C)CNC(=O)C[C@H](c1cccc(Oc2ccccc2)c1)c1c[nH]c2ccccc12. The second kappa shape index (κ2) is 9.52. The van der Waals surface area contributed by atoms with Gasteiger partial charge in [0, 0.05) is 36.0 Å². The summed E-state index contributed by atoms with van der Waals surface area (Å²) in [4.78, 5) is 16.1. The minimum absolute atomic E-state index is 0.0540. The number of ether oxygens (including phenoxy) is 1. The van der Waals surface area contributed by atoms with Gasteiger partial charge in [-0.15, -0.1) is 0 Å². The maximum Gasteiger partial charge on any atom is 0.220 e. The Morgan fingerprint density at radius 1 is 0.935 bits per heavy atom. The lowest BCUT2D eigenvalue weighted by Gasteiger charge is -2.19. The fourth-order valence-corrected chi connectivity index (χ4v) is 3.78. The normalized spacial score (nSPS) is 12.1. The number of hydrogen-bond acceptors (Lipinski definition) is 2. The van der Waals surface area contributed by atoms with Gasteiger partial charge in [0.05, 0.1) is 0 Å². The standard InChI is InChI=1S/C27H28N2O2/c1-19(2)17-29-27(30)16-24(25-18-28-26-14-7-6-13-23(25)26)20-9-8-12-22(15-20)31-21-10-4-3-5-11-21/h3-15,18-19,24,28H,16-17H2,1-2H3,(H,29,30)/t24-/m1/s1. The average molecular weight is 413 g/mol. The van der Waals surface area contributed by atoms with Crippen LogP contribution < -0.4 is 10.1 Å². The van der Waals surface area contributed by atoms with E-state index in [1.165, 1.54) is 0 Å². The van der Waals surface area contributed by atoms with Crippen molar-refractivity contribution >= 4 is 16.8 Å². The van der Waals surface area contributed by atoms with Crippen molar-refractivity contribution in [2.24, 2.45) is 5.92 Å². The highest BCUT2D eigenvalue weighted by atomic mass is 16.5. The predicted molar refractivity (Wildman–Crippen MR) is 126 cm³/mol. The summed E-state index contributed by atoms with van der Waals surface area (Å²) in [7, 11) is 0. The van der Waals surface area contributed by atoms with Gasteiger partial charge in [-0.25, -0.2) is 0 Å². The Morgan fingerprint density at radius 3 is 2.48 bits per heavy atom. The molecule has 1 atom stereocenters. The second-order valence-electron chi connectivity index (χ2n) is 8.23. The lowest BCUT2D eigenvalue weighted by Crippen LogP contribution is -2.28. The van der Waals surface area contributed by atoms with E-state index in [0.717, 1.165) is 33.5 Å². The zero-order chi connectivity index (χ0) is 21.6. The van der Waals surface area contributed by atoms with Crippen molar-refractivity contribution < 1.29 is 9.53 Å². The number of aromatic nitrogens is 1. The minimum Gasteiger partial charge on any atom is -0.457 e. The molecule has 0 radical (unpaired) electrons. The summed E-state index contributed by atoms with van der Waals surface area (Å²) in [6, 6.07) is 26.0. The Balaban J connectivity index is 1.67. The van der Waals surface area contributed by atoms with E-state index >= 15 is 0 Å². The number of carbonyl (C=O) groups is 1. The first-order valence-electron chi connectivity index (χ1n) is 10.8. The van der Waals surface area contributed by atoms with Crippen LogP contribution in [0.3, 0.4) is 0 Å². The van der Waals surface area contributed by atoms with Gasteiger partial charge < -0.3 is 15.0 Å². The molecule has 0 saturated carbocycles. The molecule has 1 heterocycles. The fraction of sp³-hybridized carbons (Fsp3) is 0.222. The number of para-hydroxylation sites is 2. The monoisotopic (exact) mass is 412 g/mol. The number of fused-ring (bicyclic) bond motifs is 1. The fourth-order valence-electron chi connectivity index (χ4n) is 3.78. The third kappa shape index (κ3) is 5.15. The van der Waals surface area contributed by atoms with E-state index in [9.17, 15) is 4.79 Å². The van der Waals surface area contributed by atoms with E-state index in [2.05, 4.69) is 42.3 Å². The summed E-state index contributed by atoms with van der Waals surface area (Å²) >= 11 is 0. The molecule has 3 aromatic carbocycles. The summed E-state index contributed by atoms with van der Waals surface area (Å²) in [5, 5.41) is 4.20. The van der Waals surface area contributed by atoms with Crippen LogP contribution in [0.2, 0.25) is 0 Å². The molecule has 31 heavy (non-hydrogen) atoms. The maximum absolute atomic E-state index is 12.8. The second-order valence-corrected chi connectivity index (χ2v) is 8.23. The molecule has 158 valence electrons. The van der Waals surface area contributed by atoms with E-state index < -0.39 is 0 Å².